The number of likely N-dealkylation sites (tertiary alicyclic amines) is 1. The molecule has 1 atom stereocenters. The fraction of sp³-hybridized carbons (Fsp3) is 0.667. The van der Waals surface area contributed by atoms with Crippen LogP contribution < -0.4 is 5.32 Å². The van der Waals surface area contributed by atoms with E-state index in [-0.39, 0.29) is 11.9 Å². The topological polar surface area (TPSA) is 15.3 Å². The van der Waals surface area contributed by atoms with Gasteiger partial charge in [-0.25, -0.2) is 4.39 Å². The second-order valence-corrected chi connectivity index (χ2v) is 6.16. The highest BCUT2D eigenvalue weighted by Crippen LogP contribution is 2.24. The Morgan fingerprint density at radius 3 is 2.57 bits per heavy atom. The Bertz CT molecular complexity index is 413. The van der Waals surface area contributed by atoms with Gasteiger partial charge in [0, 0.05) is 18.2 Å². The molecule has 21 heavy (non-hydrogen) atoms. The van der Waals surface area contributed by atoms with Crippen molar-refractivity contribution < 1.29 is 4.39 Å². The molecule has 1 aromatic rings. The van der Waals surface area contributed by atoms with Crippen molar-refractivity contribution in [3.8, 4) is 0 Å². The third-order valence-electron chi connectivity index (χ3n) is 4.58. The lowest BCUT2D eigenvalue weighted by Gasteiger charge is -2.34. The molecule has 3 heteroatoms. The van der Waals surface area contributed by atoms with Crippen LogP contribution >= 0.6 is 0 Å². The predicted molar refractivity (Wildman–Crippen MR) is 86.9 cm³/mol. The number of nitrogens with zero attached hydrogens (tertiary/aromatic N) is 1. The van der Waals surface area contributed by atoms with Crippen molar-refractivity contribution in [2.75, 3.05) is 26.2 Å². The van der Waals surface area contributed by atoms with Crippen LogP contribution in [0.15, 0.2) is 24.3 Å². The van der Waals surface area contributed by atoms with E-state index in [0.29, 0.717) is 0 Å². The molecule has 1 heterocycles. The van der Waals surface area contributed by atoms with E-state index in [1.54, 1.807) is 12.1 Å². The Kier molecular flexibility index (Phi) is 6.65. The maximum absolute atomic E-state index is 14.0. The van der Waals surface area contributed by atoms with E-state index in [0.717, 1.165) is 37.7 Å². The van der Waals surface area contributed by atoms with Gasteiger partial charge in [0.05, 0.1) is 0 Å². The van der Waals surface area contributed by atoms with Crippen LogP contribution in [-0.2, 0) is 0 Å². The maximum Gasteiger partial charge on any atom is 0.128 e. The van der Waals surface area contributed by atoms with Crippen molar-refractivity contribution >= 4 is 0 Å². The minimum Gasteiger partial charge on any atom is -0.309 e. The molecule has 118 valence electrons. The number of nitrogens with one attached hydrogen (secondary N) is 1. The molecule has 0 amide bonds. The van der Waals surface area contributed by atoms with Gasteiger partial charge in [-0.2, -0.15) is 0 Å². The number of likely N-dealkylation sites (N-methyl/N-ethyl adjacent to an activating group) is 1. The molecule has 1 fully saturated rings. The zero-order chi connectivity index (χ0) is 15.1. The molecule has 0 radical (unpaired) electrons. The summed E-state index contributed by atoms with van der Waals surface area (Å²) in [6.45, 7) is 8.44. The minimum atomic E-state index is -0.0932. The first kappa shape index (κ1) is 16.4. The first-order chi connectivity index (χ1) is 10.2. The van der Waals surface area contributed by atoms with Crippen LogP contribution in [0.4, 0.5) is 4.39 Å². The first-order valence-corrected chi connectivity index (χ1v) is 8.44. The first-order valence-electron chi connectivity index (χ1n) is 8.44. The van der Waals surface area contributed by atoms with Crippen molar-refractivity contribution in [1.29, 1.82) is 0 Å². The molecular formula is C18H29FN2. The molecule has 0 aromatic heterocycles. The minimum absolute atomic E-state index is 0.0932. The largest absolute Gasteiger partial charge is 0.309 e. The van der Waals surface area contributed by atoms with Gasteiger partial charge in [-0.1, -0.05) is 44.9 Å². The number of rotatable bonds is 7. The number of benzene rings is 1. The van der Waals surface area contributed by atoms with Gasteiger partial charge in [-0.15, -0.1) is 0 Å². The van der Waals surface area contributed by atoms with Crippen molar-refractivity contribution in [2.24, 2.45) is 5.92 Å². The Hall–Kier alpha value is -0.930. The van der Waals surface area contributed by atoms with Gasteiger partial charge < -0.3 is 10.2 Å². The molecular weight excluding hydrogens is 263 g/mol. The summed E-state index contributed by atoms with van der Waals surface area (Å²) in [6, 6.07) is 7.26. The van der Waals surface area contributed by atoms with E-state index in [9.17, 15) is 4.39 Å². The summed E-state index contributed by atoms with van der Waals surface area (Å²) in [4.78, 5) is 2.49. The lowest BCUT2D eigenvalue weighted by molar-refractivity contribution is 0.163. The second kappa shape index (κ2) is 8.50. The van der Waals surface area contributed by atoms with E-state index < -0.39 is 0 Å². The molecule has 0 bridgehead atoms. The lowest BCUT2D eigenvalue weighted by Crippen LogP contribution is -2.40. The van der Waals surface area contributed by atoms with Crippen molar-refractivity contribution in [3.05, 3.63) is 35.6 Å². The monoisotopic (exact) mass is 292 g/mol. The molecule has 1 saturated heterocycles. The van der Waals surface area contributed by atoms with Crippen LogP contribution in [0.5, 0.6) is 0 Å². The summed E-state index contributed by atoms with van der Waals surface area (Å²) in [5.41, 5.74) is 0.801. The molecule has 1 aliphatic heterocycles. The van der Waals surface area contributed by atoms with Gasteiger partial charge >= 0.3 is 0 Å². The fourth-order valence-corrected chi connectivity index (χ4v) is 3.40. The Morgan fingerprint density at radius 2 is 1.95 bits per heavy atom. The third kappa shape index (κ3) is 4.79. The Labute approximate surface area is 128 Å². The molecule has 1 aliphatic rings. The zero-order valence-corrected chi connectivity index (χ0v) is 13.4. The van der Waals surface area contributed by atoms with Crippen molar-refractivity contribution in [3.63, 3.8) is 0 Å². The molecule has 1 aromatic carbocycles. The summed E-state index contributed by atoms with van der Waals surface area (Å²) < 4.78 is 14.0. The number of hydrogen-bond donors (Lipinski definition) is 1. The molecule has 2 nitrogen and oxygen atoms in total. The normalized spacial score (nSPS) is 18.8. The van der Waals surface area contributed by atoms with Crippen molar-refractivity contribution in [2.45, 2.75) is 45.6 Å². The standard InChI is InChI=1S/C18H29FN2/c1-3-7-15-10-12-21(13-11-15)14-18(20-4-2)16-8-5-6-9-17(16)19/h5-6,8-9,15,18,20H,3-4,7,10-14H2,1-2H3. The van der Waals surface area contributed by atoms with E-state index >= 15 is 0 Å². The van der Waals surface area contributed by atoms with Crippen LogP contribution in [-0.4, -0.2) is 31.1 Å². The summed E-state index contributed by atoms with van der Waals surface area (Å²) in [5, 5.41) is 3.44. The quantitative estimate of drug-likeness (QED) is 0.817. The van der Waals surface area contributed by atoms with Crippen LogP contribution in [0.3, 0.4) is 0 Å². The Morgan fingerprint density at radius 1 is 1.24 bits per heavy atom. The maximum atomic E-state index is 14.0. The SMILES string of the molecule is CCCC1CCN(CC(NCC)c2ccccc2F)CC1. The lowest BCUT2D eigenvalue weighted by atomic mass is 9.92. The van der Waals surface area contributed by atoms with Gasteiger partial charge in [0.15, 0.2) is 0 Å². The van der Waals surface area contributed by atoms with Crippen LogP contribution in [0.1, 0.15) is 51.1 Å². The van der Waals surface area contributed by atoms with E-state index in [4.69, 9.17) is 0 Å². The summed E-state index contributed by atoms with van der Waals surface area (Å²) >= 11 is 0. The smallest absolute Gasteiger partial charge is 0.128 e. The van der Waals surface area contributed by atoms with Crippen LogP contribution in [0, 0.1) is 11.7 Å². The zero-order valence-electron chi connectivity index (χ0n) is 13.4. The Balaban J connectivity index is 1.93. The third-order valence-corrected chi connectivity index (χ3v) is 4.58. The highest BCUT2D eigenvalue weighted by atomic mass is 19.1. The highest BCUT2D eigenvalue weighted by Gasteiger charge is 2.22. The highest BCUT2D eigenvalue weighted by molar-refractivity contribution is 5.21. The molecule has 0 aliphatic carbocycles. The molecule has 0 spiro atoms. The number of piperidine rings is 1. The van der Waals surface area contributed by atoms with Gasteiger partial charge in [-0.05, 0) is 44.5 Å². The fourth-order valence-electron chi connectivity index (χ4n) is 3.40. The summed E-state index contributed by atoms with van der Waals surface area (Å²) in [7, 11) is 0. The number of hydrogen-bond acceptors (Lipinski definition) is 2. The summed E-state index contributed by atoms with van der Waals surface area (Å²) in [5.74, 6) is 0.807. The molecule has 0 saturated carbocycles. The molecule has 2 rings (SSSR count). The van der Waals surface area contributed by atoms with Gasteiger partial charge in [0.2, 0.25) is 0 Å². The predicted octanol–water partition coefficient (Wildman–Crippen LogP) is 3.99. The van der Waals surface area contributed by atoms with Crippen LogP contribution in [0.2, 0.25) is 0 Å². The van der Waals surface area contributed by atoms with Gasteiger partial charge in [0.1, 0.15) is 5.82 Å². The van der Waals surface area contributed by atoms with Gasteiger partial charge in [0.25, 0.3) is 0 Å². The summed E-state index contributed by atoms with van der Waals surface area (Å²) in [6.07, 6.45) is 5.24. The molecule has 1 N–H and O–H groups in total. The van der Waals surface area contributed by atoms with Crippen molar-refractivity contribution in [1.82, 2.24) is 10.2 Å². The van der Waals surface area contributed by atoms with Crippen LogP contribution in [0.25, 0.3) is 0 Å². The van der Waals surface area contributed by atoms with Gasteiger partial charge in [-0.3, -0.25) is 0 Å². The number of halogens is 1. The van der Waals surface area contributed by atoms with E-state index in [1.807, 2.05) is 12.1 Å². The second-order valence-electron chi connectivity index (χ2n) is 6.16. The average Bonchev–Trinajstić information content (AvgIpc) is 2.50. The van der Waals surface area contributed by atoms with E-state index in [1.165, 1.54) is 25.7 Å². The molecule has 1 unspecified atom stereocenters. The van der Waals surface area contributed by atoms with E-state index in [2.05, 4.69) is 24.1 Å². The average molecular weight is 292 g/mol.